The van der Waals surface area contributed by atoms with Gasteiger partial charge in [0.1, 0.15) is 0 Å². The third kappa shape index (κ3) is 21.5. The van der Waals surface area contributed by atoms with Gasteiger partial charge < -0.3 is 19.8 Å². The largest absolute Gasteiger partial charge is 0.466 e. The van der Waals surface area contributed by atoms with Crippen LogP contribution in [0.15, 0.2) is 24.5 Å². The fraction of sp³-hybridized carbons (Fsp3) is 0.808. The fourth-order valence-corrected chi connectivity index (χ4v) is 4.15. The summed E-state index contributed by atoms with van der Waals surface area (Å²) in [4.78, 5) is 25.8. The Balaban J connectivity index is 0.00000184. The molecule has 1 rings (SSSR count). The van der Waals surface area contributed by atoms with E-state index in [2.05, 4.69) is 24.9 Å². The van der Waals surface area contributed by atoms with Gasteiger partial charge >= 0.3 is 7.82 Å². The quantitative estimate of drug-likeness (QED) is 0.119. The van der Waals surface area contributed by atoms with E-state index in [9.17, 15) is 5.11 Å². The Morgan fingerprint density at radius 1 is 0.727 bits per heavy atom. The first kappa shape index (κ1) is 32.2. The number of hydrogen-bond donors (Lipinski definition) is 4. The second-order valence-electron chi connectivity index (χ2n) is 9.24. The zero-order valence-electron chi connectivity index (χ0n) is 21.1. The molecule has 6 nitrogen and oxygen atoms in total. The maximum atomic E-state index is 11.4. The summed E-state index contributed by atoms with van der Waals surface area (Å²) in [6.45, 7) is 4.53. The summed E-state index contributed by atoms with van der Waals surface area (Å²) >= 11 is 0. The van der Waals surface area contributed by atoms with E-state index in [1.807, 2.05) is 12.3 Å². The Labute approximate surface area is 202 Å². The Morgan fingerprint density at radius 2 is 1.09 bits per heavy atom. The molecule has 0 aliphatic rings. The molecule has 0 radical (unpaired) electrons. The van der Waals surface area contributed by atoms with Crippen LogP contribution >= 0.6 is 7.82 Å². The van der Waals surface area contributed by atoms with Crippen LogP contribution in [0.5, 0.6) is 0 Å². The van der Waals surface area contributed by atoms with Gasteiger partial charge in [-0.1, -0.05) is 123 Å². The van der Waals surface area contributed by atoms with Gasteiger partial charge in [0.05, 0.1) is 5.60 Å². The highest BCUT2D eigenvalue weighted by molar-refractivity contribution is 7.45. The van der Waals surface area contributed by atoms with Crippen LogP contribution in [0, 0.1) is 0 Å². The lowest BCUT2D eigenvalue weighted by molar-refractivity contribution is 0.0129. The first-order chi connectivity index (χ1) is 15.7. The average Bonchev–Trinajstić information content (AvgIpc) is 2.77. The predicted molar refractivity (Wildman–Crippen MR) is 137 cm³/mol. The van der Waals surface area contributed by atoms with Gasteiger partial charge in [-0.05, 0) is 18.9 Å². The van der Waals surface area contributed by atoms with E-state index in [4.69, 9.17) is 19.2 Å². The van der Waals surface area contributed by atoms with Crippen LogP contribution in [0.2, 0.25) is 0 Å². The van der Waals surface area contributed by atoms with Gasteiger partial charge in [0.25, 0.3) is 0 Å². The lowest BCUT2D eigenvalue weighted by atomic mass is 9.84. The van der Waals surface area contributed by atoms with Crippen molar-refractivity contribution >= 4 is 7.82 Å². The predicted octanol–water partition coefficient (Wildman–Crippen LogP) is 7.40. The molecule has 1 aromatic heterocycles. The molecule has 1 atom stereocenters. The number of pyridine rings is 1. The average molecular weight is 488 g/mol. The number of phosphoric acid groups is 1. The molecule has 0 fully saturated rings. The highest BCUT2D eigenvalue weighted by Crippen LogP contribution is 2.33. The van der Waals surface area contributed by atoms with E-state index in [0.717, 1.165) is 31.2 Å². The van der Waals surface area contributed by atoms with Crippen molar-refractivity contribution in [1.82, 2.24) is 4.98 Å². The van der Waals surface area contributed by atoms with Crippen LogP contribution in [0.1, 0.15) is 135 Å². The van der Waals surface area contributed by atoms with Crippen molar-refractivity contribution in [2.75, 3.05) is 0 Å². The normalized spacial score (nSPS) is 13.3. The highest BCUT2D eigenvalue weighted by atomic mass is 31.2. The molecule has 33 heavy (non-hydrogen) atoms. The topological polar surface area (TPSA) is 111 Å². The van der Waals surface area contributed by atoms with Crippen LogP contribution < -0.4 is 0 Å². The molecule has 1 aromatic rings. The smallest absolute Gasteiger partial charge is 0.385 e. The third-order valence-electron chi connectivity index (χ3n) is 6.09. The second kappa shape index (κ2) is 20.6. The van der Waals surface area contributed by atoms with Crippen LogP contribution in [0.3, 0.4) is 0 Å². The van der Waals surface area contributed by atoms with Gasteiger partial charge in [-0.25, -0.2) is 4.57 Å². The van der Waals surface area contributed by atoms with E-state index in [0.29, 0.717) is 0 Å². The van der Waals surface area contributed by atoms with Crippen molar-refractivity contribution in [3.8, 4) is 0 Å². The molecule has 0 saturated heterocycles. The summed E-state index contributed by atoms with van der Waals surface area (Å²) < 4.78 is 8.88. The molecule has 194 valence electrons. The van der Waals surface area contributed by atoms with Crippen molar-refractivity contribution < 1.29 is 24.4 Å². The van der Waals surface area contributed by atoms with Gasteiger partial charge in [0.15, 0.2) is 0 Å². The highest BCUT2D eigenvalue weighted by Gasteiger charge is 2.28. The molecule has 0 bridgehead atoms. The Hall–Kier alpha value is -0.780. The summed E-state index contributed by atoms with van der Waals surface area (Å²) in [5.41, 5.74) is 0.332. The monoisotopic (exact) mass is 487 g/mol. The molecule has 7 heteroatoms. The summed E-state index contributed by atoms with van der Waals surface area (Å²) in [5.74, 6) is 0. The van der Waals surface area contributed by atoms with Gasteiger partial charge in [0, 0.05) is 18.0 Å². The molecule has 0 aromatic carbocycles. The Kier molecular flexibility index (Phi) is 20.1. The number of hydrogen-bond acceptors (Lipinski definition) is 3. The van der Waals surface area contributed by atoms with Crippen LogP contribution in [-0.2, 0) is 10.2 Å². The second-order valence-corrected chi connectivity index (χ2v) is 10.3. The molecular formula is C26H50NO5P. The van der Waals surface area contributed by atoms with E-state index < -0.39 is 13.4 Å². The van der Waals surface area contributed by atoms with Crippen molar-refractivity contribution in [2.45, 2.75) is 135 Å². The van der Waals surface area contributed by atoms with Crippen molar-refractivity contribution in [3.05, 3.63) is 30.1 Å². The molecule has 0 aliphatic heterocycles. The minimum atomic E-state index is -4.64. The van der Waals surface area contributed by atoms with Crippen LogP contribution in [0.4, 0.5) is 0 Å². The van der Waals surface area contributed by atoms with Crippen molar-refractivity contribution in [2.24, 2.45) is 0 Å². The Morgan fingerprint density at radius 3 is 1.42 bits per heavy atom. The Bertz CT molecular complexity index is 587. The molecule has 0 saturated carbocycles. The number of aromatic nitrogens is 1. The fourth-order valence-electron chi connectivity index (χ4n) is 4.15. The molecule has 0 spiro atoms. The zero-order chi connectivity index (χ0) is 24.8. The lowest BCUT2D eigenvalue weighted by Gasteiger charge is -2.29. The summed E-state index contributed by atoms with van der Waals surface area (Å²) in [5, 5.41) is 11.4. The molecule has 4 N–H and O–H groups in total. The number of nitrogens with zero attached hydrogens (tertiary/aromatic N) is 1. The molecule has 1 unspecified atom stereocenters. The first-order valence-electron chi connectivity index (χ1n) is 13.1. The molecular weight excluding hydrogens is 437 g/mol. The van der Waals surface area contributed by atoms with Gasteiger partial charge in [0.2, 0.25) is 0 Å². The van der Waals surface area contributed by atoms with E-state index in [1.165, 1.54) is 89.9 Å². The summed E-state index contributed by atoms with van der Waals surface area (Å²) in [7, 11) is -4.64. The van der Waals surface area contributed by atoms with E-state index in [-0.39, 0.29) is 0 Å². The molecule has 0 amide bonds. The van der Waals surface area contributed by atoms with Gasteiger partial charge in [-0.15, -0.1) is 0 Å². The number of unbranched alkanes of at least 4 members (excludes halogenated alkanes) is 14. The van der Waals surface area contributed by atoms with Crippen LogP contribution in [-0.4, -0.2) is 24.8 Å². The van der Waals surface area contributed by atoms with Crippen LogP contribution in [0.25, 0.3) is 0 Å². The third-order valence-corrected chi connectivity index (χ3v) is 6.09. The summed E-state index contributed by atoms with van der Waals surface area (Å²) in [6, 6.07) is 4.01. The standard InChI is InChI=1S/C26H47NO.H3O4P/c1-3-5-7-9-11-12-13-14-16-18-22-26(28,25-20-19-23-27-24-25)21-17-15-10-8-6-4-2;1-5(2,3)4/h19-20,23-24,28H,3-18,21-22H2,1-2H3;(H3,1,2,3,4). The number of rotatable bonds is 19. The summed E-state index contributed by atoms with van der Waals surface area (Å²) in [6.07, 6.45) is 26.4. The minimum Gasteiger partial charge on any atom is -0.385 e. The zero-order valence-corrected chi connectivity index (χ0v) is 22.0. The molecule has 0 aliphatic carbocycles. The lowest BCUT2D eigenvalue weighted by Crippen LogP contribution is -2.26. The SMILES string of the molecule is CCCCCCCCCCCCC(O)(CCCCCCCC)c1cccnc1.O=P(O)(O)O. The van der Waals surface area contributed by atoms with Gasteiger partial charge in [-0.3, -0.25) is 4.98 Å². The van der Waals surface area contributed by atoms with E-state index >= 15 is 0 Å². The van der Waals surface area contributed by atoms with Gasteiger partial charge in [-0.2, -0.15) is 0 Å². The number of aliphatic hydroxyl groups is 1. The van der Waals surface area contributed by atoms with E-state index in [1.54, 1.807) is 6.20 Å². The minimum absolute atomic E-state index is 0.681. The van der Waals surface area contributed by atoms with Crippen molar-refractivity contribution in [3.63, 3.8) is 0 Å². The first-order valence-corrected chi connectivity index (χ1v) is 14.7. The molecule has 1 heterocycles. The maximum absolute atomic E-state index is 11.4. The van der Waals surface area contributed by atoms with Crippen molar-refractivity contribution in [1.29, 1.82) is 0 Å². The maximum Gasteiger partial charge on any atom is 0.466 e.